The minimum atomic E-state index is -2.84. The van der Waals surface area contributed by atoms with E-state index in [1.54, 1.807) is 12.1 Å². The summed E-state index contributed by atoms with van der Waals surface area (Å²) in [4.78, 5) is 4.67. The van der Waals surface area contributed by atoms with Crippen LogP contribution in [0.1, 0.15) is 6.42 Å². The molecule has 2 atom stereocenters. The Bertz CT molecular complexity index is 568. The molecule has 3 aliphatic rings. The second-order valence-electron chi connectivity index (χ2n) is 6.19. The monoisotopic (exact) mass is 311 g/mol. The zero-order chi connectivity index (χ0) is 15.3. The maximum Gasteiger partial charge on any atom is 0.387 e. The van der Waals surface area contributed by atoms with Crippen molar-refractivity contribution in [3.8, 4) is 5.75 Å². The van der Waals surface area contributed by atoms with Gasteiger partial charge in [0, 0.05) is 36.9 Å². The molecule has 0 aliphatic carbocycles. The fraction of sp³-hybridized carbons (Fsp3) is 0.600. The molecule has 3 heterocycles. The first-order valence-corrected chi connectivity index (χ1v) is 7.56. The van der Waals surface area contributed by atoms with Crippen molar-refractivity contribution in [1.82, 2.24) is 4.90 Å². The highest BCUT2D eigenvalue weighted by Gasteiger charge is 2.47. The average Bonchev–Trinajstić information content (AvgIpc) is 2.96. The number of fused-ring (bicyclic) bond motifs is 2. The summed E-state index contributed by atoms with van der Waals surface area (Å²) in [6.45, 7) is 0.571. The van der Waals surface area contributed by atoms with E-state index in [1.165, 1.54) is 6.07 Å². The number of hydrogen-bond acceptors (Lipinski definition) is 5. The van der Waals surface area contributed by atoms with E-state index in [1.807, 2.05) is 0 Å². The smallest absolute Gasteiger partial charge is 0.387 e. The first-order chi connectivity index (χ1) is 10.6. The van der Waals surface area contributed by atoms with Crippen LogP contribution in [0.25, 0.3) is 0 Å². The lowest BCUT2D eigenvalue weighted by atomic mass is 10.1. The van der Waals surface area contributed by atoms with Gasteiger partial charge in [-0.2, -0.15) is 8.78 Å². The van der Waals surface area contributed by atoms with Gasteiger partial charge in [-0.05, 0) is 18.6 Å². The fourth-order valence-electron chi connectivity index (χ4n) is 3.81. The lowest BCUT2D eigenvalue weighted by molar-refractivity contribution is -0.0709. The van der Waals surface area contributed by atoms with Gasteiger partial charge in [-0.15, -0.1) is 0 Å². The SMILES string of the molecule is Nc1ccc(N2CC3CC2CN3C2COC2)c(OC(F)F)c1. The molecule has 0 aromatic heterocycles. The summed E-state index contributed by atoms with van der Waals surface area (Å²) in [7, 11) is 0. The van der Waals surface area contributed by atoms with E-state index in [-0.39, 0.29) is 5.75 Å². The fourth-order valence-corrected chi connectivity index (χ4v) is 3.81. The molecule has 2 unspecified atom stereocenters. The molecule has 7 heteroatoms. The molecule has 5 nitrogen and oxygen atoms in total. The second kappa shape index (κ2) is 5.24. The summed E-state index contributed by atoms with van der Waals surface area (Å²) in [5.74, 6) is 0.168. The van der Waals surface area contributed by atoms with Crippen molar-refractivity contribution in [2.24, 2.45) is 0 Å². The number of rotatable bonds is 4. The molecule has 0 saturated carbocycles. The van der Waals surface area contributed by atoms with Gasteiger partial charge in [-0.3, -0.25) is 4.90 Å². The lowest BCUT2D eigenvalue weighted by Gasteiger charge is -2.43. The van der Waals surface area contributed by atoms with E-state index in [9.17, 15) is 8.78 Å². The van der Waals surface area contributed by atoms with Crippen LogP contribution in [0.15, 0.2) is 18.2 Å². The van der Waals surface area contributed by atoms with Crippen LogP contribution in [0, 0.1) is 0 Å². The van der Waals surface area contributed by atoms with Crippen LogP contribution in [-0.4, -0.2) is 55.9 Å². The Kier molecular flexibility index (Phi) is 3.34. The Morgan fingerprint density at radius 1 is 1.18 bits per heavy atom. The van der Waals surface area contributed by atoms with E-state index >= 15 is 0 Å². The largest absolute Gasteiger partial charge is 0.433 e. The van der Waals surface area contributed by atoms with Crippen molar-refractivity contribution in [2.75, 3.05) is 36.9 Å². The van der Waals surface area contributed by atoms with E-state index < -0.39 is 6.61 Å². The van der Waals surface area contributed by atoms with E-state index in [0.29, 0.717) is 29.5 Å². The number of hydrogen-bond donors (Lipinski definition) is 1. The second-order valence-corrected chi connectivity index (χ2v) is 6.19. The molecule has 1 aromatic carbocycles. The van der Waals surface area contributed by atoms with Crippen molar-refractivity contribution >= 4 is 11.4 Å². The van der Waals surface area contributed by atoms with E-state index in [0.717, 1.165) is 32.7 Å². The molecule has 4 rings (SSSR count). The van der Waals surface area contributed by atoms with Gasteiger partial charge in [0.05, 0.1) is 24.9 Å². The number of nitrogens with two attached hydrogens (primary N) is 1. The van der Waals surface area contributed by atoms with Crippen LogP contribution >= 0.6 is 0 Å². The number of piperazine rings is 1. The predicted molar refractivity (Wildman–Crippen MR) is 78.3 cm³/mol. The Morgan fingerprint density at radius 3 is 2.59 bits per heavy atom. The number of nitrogens with zero attached hydrogens (tertiary/aromatic N) is 2. The molecule has 3 fully saturated rings. The number of likely N-dealkylation sites (tertiary alicyclic amines) is 1. The third kappa shape index (κ3) is 2.28. The maximum atomic E-state index is 12.6. The standard InChI is InChI=1S/C15H19F2N3O2/c16-15(17)22-14-3-9(18)1-2-13(14)20-6-10-4-11(20)5-19(10)12-7-21-8-12/h1-3,10-12,15H,4-8,18H2. The highest BCUT2D eigenvalue weighted by atomic mass is 19.3. The third-order valence-corrected chi connectivity index (χ3v) is 4.88. The predicted octanol–water partition coefficient (Wildman–Crippen LogP) is 1.53. The third-order valence-electron chi connectivity index (χ3n) is 4.88. The quantitative estimate of drug-likeness (QED) is 0.855. The van der Waals surface area contributed by atoms with Gasteiger partial charge in [0.1, 0.15) is 0 Å². The average molecular weight is 311 g/mol. The van der Waals surface area contributed by atoms with Gasteiger partial charge in [-0.1, -0.05) is 0 Å². The highest BCUT2D eigenvalue weighted by molar-refractivity contribution is 5.65. The van der Waals surface area contributed by atoms with Crippen molar-refractivity contribution in [3.63, 3.8) is 0 Å². The van der Waals surface area contributed by atoms with Gasteiger partial charge in [0.2, 0.25) is 0 Å². The zero-order valence-electron chi connectivity index (χ0n) is 12.1. The Labute approximate surface area is 127 Å². The molecule has 3 saturated heterocycles. The number of halogens is 2. The molecule has 120 valence electrons. The minimum Gasteiger partial charge on any atom is -0.433 e. The van der Waals surface area contributed by atoms with Crippen LogP contribution < -0.4 is 15.4 Å². The molecule has 1 aromatic rings. The van der Waals surface area contributed by atoms with Crippen LogP contribution in [0.3, 0.4) is 0 Å². The molecular weight excluding hydrogens is 292 g/mol. The molecule has 3 aliphatic heterocycles. The summed E-state index contributed by atoms with van der Waals surface area (Å²) in [5.41, 5.74) is 6.84. The van der Waals surface area contributed by atoms with Gasteiger partial charge >= 0.3 is 6.61 Å². The summed E-state index contributed by atoms with van der Waals surface area (Å²) in [5, 5.41) is 0. The van der Waals surface area contributed by atoms with Gasteiger partial charge in [-0.25, -0.2) is 0 Å². The highest BCUT2D eigenvalue weighted by Crippen LogP contribution is 2.41. The van der Waals surface area contributed by atoms with Crippen LogP contribution in [0.4, 0.5) is 20.2 Å². The van der Waals surface area contributed by atoms with Crippen molar-refractivity contribution in [1.29, 1.82) is 0 Å². The number of nitrogen functional groups attached to an aromatic ring is 1. The summed E-state index contributed by atoms with van der Waals surface area (Å²) in [6, 6.07) is 6.33. The van der Waals surface area contributed by atoms with Crippen molar-refractivity contribution < 1.29 is 18.3 Å². The summed E-state index contributed by atoms with van der Waals surface area (Å²) >= 11 is 0. The van der Waals surface area contributed by atoms with Crippen molar-refractivity contribution in [3.05, 3.63) is 18.2 Å². The minimum absolute atomic E-state index is 0.168. The number of anilines is 2. The Balaban J connectivity index is 1.54. The Morgan fingerprint density at radius 2 is 2.00 bits per heavy atom. The van der Waals surface area contributed by atoms with E-state index in [4.69, 9.17) is 10.5 Å². The molecular formula is C15H19F2N3O2. The number of ether oxygens (including phenoxy) is 2. The molecule has 0 spiro atoms. The molecule has 2 N–H and O–H groups in total. The number of alkyl halides is 2. The molecule has 2 bridgehead atoms. The lowest BCUT2D eigenvalue weighted by Crippen LogP contribution is -2.56. The topological polar surface area (TPSA) is 51.0 Å². The molecule has 0 radical (unpaired) electrons. The van der Waals surface area contributed by atoms with Crippen LogP contribution in [0.2, 0.25) is 0 Å². The first-order valence-electron chi connectivity index (χ1n) is 7.56. The van der Waals surface area contributed by atoms with Crippen LogP contribution in [-0.2, 0) is 4.74 Å². The van der Waals surface area contributed by atoms with Gasteiger partial charge < -0.3 is 20.1 Å². The maximum absolute atomic E-state index is 12.6. The normalized spacial score (nSPS) is 28.4. The number of benzene rings is 1. The molecule has 22 heavy (non-hydrogen) atoms. The van der Waals surface area contributed by atoms with E-state index in [2.05, 4.69) is 14.5 Å². The summed E-state index contributed by atoms with van der Waals surface area (Å²) < 4.78 is 35.2. The van der Waals surface area contributed by atoms with Crippen LogP contribution in [0.5, 0.6) is 5.75 Å². The Hall–Kier alpha value is -1.60. The zero-order valence-corrected chi connectivity index (χ0v) is 12.1. The van der Waals surface area contributed by atoms with Crippen molar-refractivity contribution in [2.45, 2.75) is 31.2 Å². The summed E-state index contributed by atoms with van der Waals surface area (Å²) in [6.07, 6.45) is 1.06. The van der Waals surface area contributed by atoms with Gasteiger partial charge in [0.25, 0.3) is 0 Å². The first kappa shape index (κ1) is 14.0. The molecule has 0 amide bonds. The van der Waals surface area contributed by atoms with Gasteiger partial charge in [0.15, 0.2) is 5.75 Å².